The molecule has 0 radical (unpaired) electrons. The topological polar surface area (TPSA) is 108 Å². The number of nitrogens with zero attached hydrogens (tertiary/aromatic N) is 1. The predicted molar refractivity (Wildman–Crippen MR) is 77.9 cm³/mol. The van der Waals surface area contributed by atoms with Gasteiger partial charge in [0.1, 0.15) is 0 Å². The van der Waals surface area contributed by atoms with Crippen molar-refractivity contribution in [1.82, 2.24) is 15.6 Å². The monoisotopic (exact) mass is 313 g/mol. The number of hydrogen-bond acceptors (Lipinski definition) is 5. The lowest BCUT2D eigenvalue weighted by molar-refractivity contribution is -0.139. The largest absolute Gasteiger partial charge is 0.481 e. The van der Waals surface area contributed by atoms with E-state index in [4.69, 9.17) is 5.11 Å². The Morgan fingerprint density at radius 1 is 1.33 bits per heavy atom. The summed E-state index contributed by atoms with van der Waals surface area (Å²) in [5.74, 6) is -1.47. The van der Waals surface area contributed by atoms with Crippen LogP contribution in [0.25, 0.3) is 0 Å². The van der Waals surface area contributed by atoms with E-state index in [0.717, 1.165) is 10.6 Å². The van der Waals surface area contributed by atoms with Gasteiger partial charge in [-0.05, 0) is 12.3 Å². The first-order chi connectivity index (χ1) is 9.69. The molecule has 0 atom stereocenters. The van der Waals surface area contributed by atoms with Crippen molar-refractivity contribution in [3.63, 3.8) is 0 Å². The molecule has 0 spiro atoms. The van der Waals surface area contributed by atoms with Gasteiger partial charge in [-0.1, -0.05) is 13.8 Å². The van der Waals surface area contributed by atoms with E-state index < -0.39 is 23.3 Å². The summed E-state index contributed by atoms with van der Waals surface area (Å²) >= 11 is 1.42. The number of hydrogen-bond donors (Lipinski definition) is 3. The zero-order chi connectivity index (χ0) is 16.0. The zero-order valence-electron chi connectivity index (χ0n) is 12.2. The third kappa shape index (κ3) is 6.35. The first-order valence-electron chi connectivity index (χ1n) is 6.38. The van der Waals surface area contributed by atoms with E-state index in [1.54, 1.807) is 19.4 Å². The smallest absolute Gasteiger partial charge is 0.321 e. The molecule has 3 N–H and O–H groups in total. The van der Waals surface area contributed by atoms with E-state index >= 15 is 0 Å². The van der Waals surface area contributed by atoms with Gasteiger partial charge in [0.15, 0.2) is 0 Å². The minimum absolute atomic E-state index is 0.0354. The molecule has 0 aliphatic carbocycles. The molecule has 7 nitrogen and oxygen atoms in total. The summed E-state index contributed by atoms with van der Waals surface area (Å²) in [5, 5.41) is 13.5. The molecule has 0 saturated heterocycles. The summed E-state index contributed by atoms with van der Waals surface area (Å²) in [6.07, 6.45) is -0.172. The first kappa shape index (κ1) is 17.1. The number of carboxylic acids is 1. The van der Waals surface area contributed by atoms with E-state index in [0.29, 0.717) is 6.54 Å². The molecule has 0 aliphatic heterocycles. The highest BCUT2D eigenvalue weighted by Gasteiger charge is 2.25. The number of aliphatic carboxylic acids is 1. The van der Waals surface area contributed by atoms with E-state index in [9.17, 15) is 14.4 Å². The van der Waals surface area contributed by atoms with Crippen LogP contribution in [-0.4, -0.2) is 28.0 Å². The summed E-state index contributed by atoms with van der Waals surface area (Å²) in [6, 6.07) is -0.598. The van der Waals surface area contributed by atoms with Gasteiger partial charge in [-0.2, -0.15) is 0 Å². The van der Waals surface area contributed by atoms with Gasteiger partial charge in [0.2, 0.25) is 5.91 Å². The highest BCUT2D eigenvalue weighted by atomic mass is 32.1. The third-order valence-corrected chi connectivity index (χ3v) is 3.71. The number of carbonyl (C=O) groups excluding carboxylic acids is 2. The highest BCUT2D eigenvalue weighted by molar-refractivity contribution is 7.09. The number of carboxylic acid groups (broad SMARTS) is 1. The molecule has 116 valence electrons. The van der Waals surface area contributed by atoms with Crippen molar-refractivity contribution in [1.29, 1.82) is 0 Å². The Morgan fingerprint density at radius 2 is 2.00 bits per heavy atom. The zero-order valence-corrected chi connectivity index (χ0v) is 13.0. The maximum Gasteiger partial charge on any atom is 0.321 e. The standard InChI is InChI=1S/C13H19N3O4S/c1-8-9(21-7-15-8)6-14-12(20)16-10(17)4-13(2,3)5-11(18)19/h7H,4-6H2,1-3H3,(H,18,19)(H2,14,16,17,20). The van der Waals surface area contributed by atoms with Gasteiger partial charge in [0, 0.05) is 11.3 Å². The lowest BCUT2D eigenvalue weighted by atomic mass is 9.85. The number of aromatic nitrogens is 1. The average Bonchev–Trinajstić information content (AvgIpc) is 2.69. The Labute approximate surface area is 126 Å². The van der Waals surface area contributed by atoms with Crippen LogP contribution in [0.2, 0.25) is 0 Å². The van der Waals surface area contributed by atoms with Crippen molar-refractivity contribution in [3.8, 4) is 0 Å². The normalized spacial score (nSPS) is 11.0. The second-order valence-electron chi connectivity index (χ2n) is 5.50. The van der Waals surface area contributed by atoms with Crippen LogP contribution in [0, 0.1) is 12.3 Å². The molecule has 1 aromatic rings. The molecule has 0 bridgehead atoms. The lowest BCUT2D eigenvalue weighted by Gasteiger charge is -2.21. The number of rotatable bonds is 6. The van der Waals surface area contributed by atoms with Gasteiger partial charge < -0.3 is 10.4 Å². The van der Waals surface area contributed by atoms with Crippen molar-refractivity contribution < 1.29 is 19.5 Å². The molecule has 3 amide bonds. The molecular formula is C13H19N3O4S. The van der Waals surface area contributed by atoms with Crippen LogP contribution in [0.15, 0.2) is 5.51 Å². The molecule has 0 fully saturated rings. The molecule has 1 aromatic heterocycles. The molecule has 0 saturated carbocycles. The van der Waals surface area contributed by atoms with E-state index in [1.165, 1.54) is 11.3 Å². The SMILES string of the molecule is Cc1ncsc1CNC(=O)NC(=O)CC(C)(C)CC(=O)O. The summed E-state index contributed by atoms with van der Waals surface area (Å²) < 4.78 is 0. The minimum Gasteiger partial charge on any atom is -0.481 e. The number of thiazole rings is 1. The Hall–Kier alpha value is -1.96. The lowest BCUT2D eigenvalue weighted by Crippen LogP contribution is -2.40. The van der Waals surface area contributed by atoms with Gasteiger partial charge in [-0.3, -0.25) is 14.9 Å². The van der Waals surface area contributed by atoms with E-state index in [1.807, 2.05) is 6.92 Å². The summed E-state index contributed by atoms with van der Waals surface area (Å²) in [7, 11) is 0. The Morgan fingerprint density at radius 3 is 2.52 bits per heavy atom. The van der Waals surface area contributed by atoms with Gasteiger partial charge in [-0.25, -0.2) is 9.78 Å². The van der Waals surface area contributed by atoms with Crippen molar-refractivity contribution in [3.05, 3.63) is 16.1 Å². The van der Waals surface area contributed by atoms with Crippen LogP contribution in [0.1, 0.15) is 37.3 Å². The maximum absolute atomic E-state index is 11.7. The third-order valence-electron chi connectivity index (χ3n) is 2.78. The van der Waals surface area contributed by atoms with Crippen molar-refractivity contribution >= 4 is 29.2 Å². The second kappa shape index (κ2) is 7.16. The Bertz CT molecular complexity index is 539. The molecule has 1 heterocycles. The van der Waals surface area contributed by atoms with E-state index in [-0.39, 0.29) is 12.8 Å². The molecule has 0 aromatic carbocycles. The molecular weight excluding hydrogens is 294 g/mol. The Kier molecular flexibility index (Phi) is 5.83. The second-order valence-corrected chi connectivity index (χ2v) is 6.44. The van der Waals surface area contributed by atoms with Crippen molar-refractivity contribution in [2.45, 2.75) is 40.2 Å². The van der Waals surface area contributed by atoms with Gasteiger partial charge in [0.25, 0.3) is 0 Å². The van der Waals surface area contributed by atoms with Crippen molar-refractivity contribution in [2.75, 3.05) is 0 Å². The summed E-state index contributed by atoms with van der Waals surface area (Å²) in [6.45, 7) is 5.47. The fraction of sp³-hybridized carbons (Fsp3) is 0.538. The molecule has 0 aliphatic rings. The molecule has 21 heavy (non-hydrogen) atoms. The van der Waals surface area contributed by atoms with Crippen LogP contribution in [0.5, 0.6) is 0 Å². The fourth-order valence-electron chi connectivity index (χ4n) is 1.78. The number of carbonyl (C=O) groups is 3. The fourth-order valence-corrected chi connectivity index (χ4v) is 2.49. The quantitative estimate of drug-likeness (QED) is 0.740. The number of urea groups is 1. The van der Waals surface area contributed by atoms with Crippen LogP contribution in [0.4, 0.5) is 4.79 Å². The van der Waals surface area contributed by atoms with Gasteiger partial charge in [0.05, 0.1) is 24.2 Å². The van der Waals surface area contributed by atoms with Crippen LogP contribution < -0.4 is 10.6 Å². The summed E-state index contributed by atoms with van der Waals surface area (Å²) in [5.41, 5.74) is 1.82. The maximum atomic E-state index is 11.7. The minimum atomic E-state index is -0.974. The van der Waals surface area contributed by atoms with E-state index in [2.05, 4.69) is 15.6 Å². The predicted octanol–water partition coefficient (Wildman–Crippen LogP) is 1.67. The van der Waals surface area contributed by atoms with Gasteiger partial charge in [-0.15, -0.1) is 11.3 Å². The number of imide groups is 1. The van der Waals surface area contributed by atoms with Crippen molar-refractivity contribution in [2.24, 2.45) is 5.41 Å². The highest BCUT2D eigenvalue weighted by Crippen LogP contribution is 2.24. The van der Waals surface area contributed by atoms with Crippen LogP contribution in [0.3, 0.4) is 0 Å². The van der Waals surface area contributed by atoms with Gasteiger partial charge >= 0.3 is 12.0 Å². The molecule has 0 unspecified atom stereocenters. The molecule has 8 heteroatoms. The van der Waals surface area contributed by atoms with Crippen LogP contribution in [-0.2, 0) is 16.1 Å². The van der Waals surface area contributed by atoms with Crippen LogP contribution >= 0.6 is 11.3 Å². The molecule has 1 rings (SSSR count). The number of aryl methyl sites for hydroxylation is 1. The first-order valence-corrected chi connectivity index (χ1v) is 7.26. The Balaban J connectivity index is 2.39. The number of amides is 3. The number of nitrogens with one attached hydrogen (secondary N) is 2. The average molecular weight is 313 g/mol. The summed E-state index contributed by atoms with van der Waals surface area (Å²) in [4.78, 5) is 38.9.